The van der Waals surface area contributed by atoms with E-state index in [0.717, 1.165) is 12.1 Å². The molecule has 5 nitrogen and oxygen atoms in total. The first-order chi connectivity index (χ1) is 12.8. The summed E-state index contributed by atoms with van der Waals surface area (Å²) in [5.41, 5.74) is -0.826. The summed E-state index contributed by atoms with van der Waals surface area (Å²) < 4.78 is 44.3. The van der Waals surface area contributed by atoms with Gasteiger partial charge in [0.25, 0.3) is 5.91 Å². The number of anilines is 1. The maximum absolute atomic E-state index is 13.1. The normalized spacial score (nSPS) is 17.1. The van der Waals surface area contributed by atoms with Crippen molar-refractivity contribution < 1.29 is 27.5 Å². The highest BCUT2D eigenvalue weighted by Gasteiger charge is 2.36. The molecule has 0 unspecified atom stereocenters. The van der Waals surface area contributed by atoms with E-state index in [0.29, 0.717) is 11.4 Å². The summed E-state index contributed by atoms with van der Waals surface area (Å²) in [6, 6.07) is 10.8. The summed E-state index contributed by atoms with van der Waals surface area (Å²) >= 11 is 0. The zero-order valence-corrected chi connectivity index (χ0v) is 14.4. The van der Waals surface area contributed by atoms with Crippen molar-refractivity contribution in [2.75, 3.05) is 18.6 Å². The standard InChI is InChI=1S/C19H17F3N2O3/c1-27-14-8-6-13(7-9-14)24-11-12(10-17(24)25)23-18(26)15-4-2-3-5-16(15)19(20,21)22/h2-9,12H,10-11H2,1H3,(H,23,26)/t12-/m1/s1. The molecule has 8 heteroatoms. The van der Waals surface area contributed by atoms with Gasteiger partial charge in [-0.1, -0.05) is 12.1 Å². The van der Waals surface area contributed by atoms with Gasteiger partial charge in [0.2, 0.25) is 5.91 Å². The van der Waals surface area contributed by atoms with Crippen LogP contribution in [0.15, 0.2) is 48.5 Å². The Bertz CT molecular complexity index is 850. The van der Waals surface area contributed by atoms with Gasteiger partial charge < -0.3 is 15.0 Å². The maximum atomic E-state index is 13.1. The van der Waals surface area contributed by atoms with E-state index >= 15 is 0 Å². The van der Waals surface area contributed by atoms with E-state index in [2.05, 4.69) is 5.32 Å². The first kappa shape index (κ1) is 18.8. The fourth-order valence-corrected chi connectivity index (χ4v) is 3.01. The highest BCUT2D eigenvalue weighted by atomic mass is 19.4. The van der Waals surface area contributed by atoms with Crippen LogP contribution in [-0.4, -0.2) is 31.5 Å². The van der Waals surface area contributed by atoms with Gasteiger partial charge in [-0.05, 0) is 36.4 Å². The van der Waals surface area contributed by atoms with E-state index in [4.69, 9.17) is 4.74 Å². The Hall–Kier alpha value is -3.03. The molecule has 1 atom stereocenters. The number of methoxy groups -OCH3 is 1. The first-order valence-corrected chi connectivity index (χ1v) is 8.21. The van der Waals surface area contributed by atoms with Gasteiger partial charge in [0.05, 0.1) is 24.3 Å². The van der Waals surface area contributed by atoms with Crippen LogP contribution in [0.2, 0.25) is 0 Å². The lowest BCUT2D eigenvalue weighted by atomic mass is 10.1. The summed E-state index contributed by atoms with van der Waals surface area (Å²) in [7, 11) is 1.53. The van der Waals surface area contributed by atoms with Crippen LogP contribution in [0.5, 0.6) is 5.75 Å². The van der Waals surface area contributed by atoms with Crippen molar-refractivity contribution in [1.29, 1.82) is 0 Å². The summed E-state index contributed by atoms with van der Waals surface area (Å²) in [5.74, 6) is -0.425. The molecule has 1 N–H and O–H groups in total. The zero-order chi connectivity index (χ0) is 19.6. The van der Waals surface area contributed by atoms with Gasteiger partial charge in [-0.15, -0.1) is 0 Å². The van der Waals surface area contributed by atoms with Crippen LogP contribution < -0.4 is 15.0 Å². The third-order valence-corrected chi connectivity index (χ3v) is 4.32. The van der Waals surface area contributed by atoms with Gasteiger partial charge >= 0.3 is 6.18 Å². The largest absolute Gasteiger partial charge is 0.497 e. The van der Waals surface area contributed by atoms with Crippen LogP contribution in [0.3, 0.4) is 0 Å². The monoisotopic (exact) mass is 378 g/mol. The molecule has 27 heavy (non-hydrogen) atoms. The van der Waals surface area contributed by atoms with E-state index in [1.165, 1.54) is 24.1 Å². The highest BCUT2D eigenvalue weighted by Crippen LogP contribution is 2.32. The minimum absolute atomic E-state index is 0.0198. The molecule has 1 aliphatic heterocycles. The SMILES string of the molecule is COc1ccc(N2C[C@H](NC(=O)c3ccccc3C(F)(F)F)CC2=O)cc1. The summed E-state index contributed by atoms with van der Waals surface area (Å²) in [6.07, 6.45) is -4.61. The second-order valence-electron chi connectivity index (χ2n) is 6.12. The Balaban J connectivity index is 1.72. The van der Waals surface area contributed by atoms with Gasteiger partial charge in [0.15, 0.2) is 0 Å². The molecule has 1 heterocycles. The molecule has 0 saturated carbocycles. The Kier molecular flexibility index (Phi) is 5.07. The molecule has 1 saturated heterocycles. The van der Waals surface area contributed by atoms with E-state index in [1.807, 2.05) is 0 Å². The molecule has 1 aliphatic rings. The van der Waals surface area contributed by atoms with Crippen molar-refractivity contribution in [2.45, 2.75) is 18.6 Å². The molecule has 2 aromatic carbocycles. The number of nitrogens with zero attached hydrogens (tertiary/aromatic N) is 1. The number of carbonyl (C=O) groups is 2. The quantitative estimate of drug-likeness (QED) is 0.889. The molecule has 0 spiro atoms. The molecular weight excluding hydrogens is 361 g/mol. The maximum Gasteiger partial charge on any atom is 0.417 e. The van der Waals surface area contributed by atoms with Crippen LogP contribution in [0.1, 0.15) is 22.3 Å². The van der Waals surface area contributed by atoms with Crippen molar-refractivity contribution in [2.24, 2.45) is 0 Å². The lowest BCUT2D eigenvalue weighted by Crippen LogP contribution is -2.38. The number of ether oxygens (including phenoxy) is 1. The van der Waals surface area contributed by atoms with Crippen molar-refractivity contribution >= 4 is 17.5 Å². The molecule has 0 radical (unpaired) electrons. The van der Waals surface area contributed by atoms with Gasteiger partial charge in [0, 0.05) is 18.7 Å². The molecule has 1 fully saturated rings. The summed E-state index contributed by atoms with van der Waals surface area (Å²) in [4.78, 5) is 26.1. The minimum atomic E-state index is -4.63. The number of nitrogens with one attached hydrogen (secondary N) is 1. The molecule has 142 valence electrons. The second kappa shape index (κ2) is 7.30. The van der Waals surface area contributed by atoms with Crippen molar-refractivity contribution in [3.63, 3.8) is 0 Å². The van der Waals surface area contributed by atoms with Gasteiger partial charge in [-0.2, -0.15) is 13.2 Å². The van der Waals surface area contributed by atoms with Crippen LogP contribution >= 0.6 is 0 Å². The van der Waals surface area contributed by atoms with E-state index in [9.17, 15) is 22.8 Å². The van der Waals surface area contributed by atoms with Crippen LogP contribution in [0.4, 0.5) is 18.9 Å². The average Bonchev–Trinajstić information content (AvgIpc) is 3.01. The molecular formula is C19H17F3N2O3. The predicted molar refractivity (Wildman–Crippen MR) is 92.7 cm³/mol. The lowest BCUT2D eigenvalue weighted by molar-refractivity contribution is -0.138. The second-order valence-corrected chi connectivity index (χ2v) is 6.12. The Labute approximate surface area is 153 Å². The van der Waals surface area contributed by atoms with E-state index < -0.39 is 29.3 Å². The molecule has 2 aromatic rings. The highest BCUT2D eigenvalue weighted by molar-refractivity contribution is 5.99. The number of hydrogen-bond acceptors (Lipinski definition) is 3. The number of benzene rings is 2. The zero-order valence-electron chi connectivity index (χ0n) is 14.4. The van der Waals surface area contributed by atoms with Gasteiger partial charge in [0.1, 0.15) is 5.75 Å². The molecule has 2 amide bonds. The van der Waals surface area contributed by atoms with Crippen molar-refractivity contribution in [3.8, 4) is 5.75 Å². The number of carbonyl (C=O) groups excluding carboxylic acids is 2. The number of rotatable bonds is 4. The topological polar surface area (TPSA) is 58.6 Å². The average molecular weight is 378 g/mol. The Morgan fingerprint density at radius 2 is 1.81 bits per heavy atom. The molecule has 0 aliphatic carbocycles. The Morgan fingerprint density at radius 1 is 1.15 bits per heavy atom. The number of hydrogen-bond donors (Lipinski definition) is 1. The molecule has 3 rings (SSSR count). The Morgan fingerprint density at radius 3 is 2.44 bits per heavy atom. The summed E-state index contributed by atoms with van der Waals surface area (Å²) in [6.45, 7) is 0.186. The molecule has 0 bridgehead atoms. The third-order valence-electron chi connectivity index (χ3n) is 4.32. The van der Waals surface area contributed by atoms with Crippen LogP contribution in [0, 0.1) is 0 Å². The smallest absolute Gasteiger partial charge is 0.417 e. The third kappa shape index (κ3) is 4.05. The lowest BCUT2D eigenvalue weighted by Gasteiger charge is -2.18. The van der Waals surface area contributed by atoms with E-state index in [1.54, 1.807) is 24.3 Å². The van der Waals surface area contributed by atoms with Gasteiger partial charge in [-0.25, -0.2) is 0 Å². The molecule has 0 aromatic heterocycles. The number of amides is 2. The minimum Gasteiger partial charge on any atom is -0.497 e. The van der Waals surface area contributed by atoms with Crippen molar-refractivity contribution in [1.82, 2.24) is 5.32 Å². The number of halogens is 3. The fourth-order valence-electron chi connectivity index (χ4n) is 3.01. The summed E-state index contributed by atoms with van der Waals surface area (Å²) in [5, 5.41) is 2.53. The van der Waals surface area contributed by atoms with Crippen LogP contribution in [0.25, 0.3) is 0 Å². The predicted octanol–water partition coefficient (Wildman–Crippen LogP) is 3.25. The van der Waals surface area contributed by atoms with Gasteiger partial charge in [-0.3, -0.25) is 9.59 Å². The van der Waals surface area contributed by atoms with Crippen molar-refractivity contribution in [3.05, 3.63) is 59.7 Å². The van der Waals surface area contributed by atoms with Crippen LogP contribution in [-0.2, 0) is 11.0 Å². The number of alkyl halides is 3. The van der Waals surface area contributed by atoms with E-state index in [-0.39, 0.29) is 18.9 Å². The fraction of sp³-hybridized carbons (Fsp3) is 0.263. The first-order valence-electron chi connectivity index (χ1n) is 8.21.